The second kappa shape index (κ2) is 13.1. The van der Waals surface area contributed by atoms with Crippen molar-refractivity contribution in [1.82, 2.24) is 19.5 Å². The number of para-hydroxylation sites is 2. The molecule has 0 amide bonds. The first-order chi connectivity index (χ1) is 30.8. The molecule has 58 heavy (non-hydrogen) atoms. The van der Waals surface area contributed by atoms with Crippen LogP contribution in [0.1, 0.15) is 6.85 Å². The lowest BCUT2D eigenvalue weighted by Crippen LogP contribution is -2.01. The van der Waals surface area contributed by atoms with Gasteiger partial charge < -0.3 is 4.57 Å². The summed E-state index contributed by atoms with van der Waals surface area (Å²) < 4.78 is 47.9. The van der Waals surface area contributed by atoms with Crippen molar-refractivity contribution in [3.05, 3.63) is 194 Å². The molecule has 270 valence electrons. The zero-order chi connectivity index (χ0) is 42.5. The van der Waals surface area contributed by atoms with Crippen molar-refractivity contribution in [2.45, 2.75) is 0 Å². The normalized spacial score (nSPS) is 13.0. The van der Waals surface area contributed by atoms with Crippen LogP contribution in [0.25, 0.3) is 115 Å². The molecule has 12 rings (SSSR count). The monoisotopic (exact) mass is 761 g/mol. The fourth-order valence-corrected chi connectivity index (χ4v) is 9.74. The molecule has 0 spiro atoms. The SMILES string of the molecule is [2H]c1c([2H])c([2H])c(-c2nc(-c3ccc4c(ccc5ccccc54)c3)nc(-c3cc(-n4c5ccccc5c5ccccc54)cc4c3sc3cccc(-c5ccccc5)c34)n2)c([2H])c1[2H]. The Morgan fingerprint density at radius 2 is 1.09 bits per heavy atom. The molecule has 4 nitrogen and oxygen atoms in total. The molecule has 5 heteroatoms. The van der Waals surface area contributed by atoms with Crippen LogP contribution in [0.4, 0.5) is 0 Å². The van der Waals surface area contributed by atoms with Crippen LogP contribution in [0.15, 0.2) is 194 Å². The Bertz CT molecular complexity index is 3800. The lowest BCUT2D eigenvalue weighted by Gasteiger charge is -2.14. The molecular weight excluding hydrogens is 725 g/mol. The van der Waals surface area contributed by atoms with Crippen LogP contribution in [0.5, 0.6) is 0 Å². The summed E-state index contributed by atoms with van der Waals surface area (Å²) in [6.07, 6.45) is 0. The molecule has 0 saturated heterocycles. The van der Waals surface area contributed by atoms with Crippen LogP contribution in [0.3, 0.4) is 0 Å². The van der Waals surface area contributed by atoms with E-state index in [4.69, 9.17) is 21.8 Å². The maximum atomic E-state index is 9.03. The third kappa shape index (κ3) is 5.18. The number of thiophene rings is 1. The minimum atomic E-state index is -0.481. The molecule has 3 aromatic heterocycles. The summed E-state index contributed by atoms with van der Waals surface area (Å²) in [6.45, 7) is 0. The highest BCUT2D eigenvalue weighted by atomic mass is 32.1. The fraction of sp³-hybridized carbons (Fsp3) is 0. The molecule has 0 N–H and O–H groups in total. The topological polar surface area (TPSA) is 43.6 Å². The molecule has 0 atom stereocenters. The molecule has 0 aliphatic heterocycles. The highest BCUT2D eigenvalue weighted by molar-refractivity contribution is 7.26. The van der Waals surface area contributed by atoms with Gasteiger partial charge in [-0.15, -0.1) is 11.3 Å². The minimum absolute atomic E-state index is 0.00730. The molecule has 9 aromatic carbocycles. The largest absolute Gasteiger partial charge is 0.309 e. The van der Waals surface area contributed by atoms with Gasteiger partial charge in [0.1, 0.15) is 0 Å². The second-order valence-corrected chi connectivity index (χ2v) is 15.5. The molecule has 0 bridgehead atoms. The number of hydrogen-bond donors (Lipinski definition) is 0. The van der Waals surface area contributed by atoms with Crippen LogP contribution in [-0.2, 0) is 0 Å². The Morgan fingerprint density at radius 3 is 1.88 bits per heavy atom. The van der Waals surface area contributed by atoms with Crippen molar-refractivity contribution in [1.29, 1.82) is 0 Å². The standard InChI is InChI=1S/C53H32N4S/c1-3-14-33(15-4-1)41-22-13-25-48-49(41)44-31-38(57-46-23-11-9-20-42(46)43-21-10-12-24-47(43)57)32-45(50(44)58-48)53-55-51(35-17-5-2-6-18-35)54-52(56-53)37-28-29-40-36(30-37)27-26-34-16-7-8-19-39(34)40/h1-32H/i2D,5D,6D,17D,18D. The first-order valence-corrected chi connectivity index (χ1v) is 19.9. The second-order valence-electron chi connectivity index (χ2n) is 14.4. The van der Waals surface area contributed by atoms with Gasteiger partial charge >= 0.3 is 0 Å². The fourth-order valence-electron chi connectivity index (χ4n) is 8.52. The van der Waals surface area contributed by atoms with Crippen molar-refractivity contribution in [2.75, 3.05) is 0 Å². The number of aromatic nitrogens is 4. The predicted octanol–water partition coefficient (Wildman–Crippen LogP) is 14.3. The summed E-state index contributed by atoms with van der Waals surface area (Å²) in [5.74, 6) is 0.631. The molecule has 0 fully saturated rings. The van der Waals surface area contributed by atoms with Crippen molar-refractivity contribution >= 4 is 74.9 Å². The molecule has 0 saturated carbocycles. The summed E-state index contributed by atoms with van der Waals surface area (Å²) in [6, 6.07) is 54.4. The average Bonchev–Trinajstić information content (AvgIpc) is 3.88. The van der Waals surface area contributed by atoms with E-state index in [-0.39, 0.29) is 23.5 Å². The van der Waals surface area contributed by atoms with Gasteiger partial charge in [0.05, 0.1) is 17.9 Å². The Hall–Kier alpha value is -7.47. The lowest BCUT2D eigenvalue weighted by molar-refractivity contribution is 1.08. The van der Waals surface area contributed by atoms with Crippen LogP contribution >= 0.6 is 11.3 Å². The molecule has 3 heterocycles. The highest BCUT2D eigenvalue weighted by Crippen LogP contribution is 2.46. The van der Waals surface area contributed by atoms with Crippen molar-refractivity contribution in [3.63, 3.8) is 0 Å². The maximum absolute atomic E-state index is 9.03. The molecular formula is C53H32N4S. The molecule has 0 radical (unpaired) electrons. The quantitative estimate of drug-likeness (QED) is 0.164. The van der Waals surface area contributed by atoms with E-state index in [0.717, 1.165) is 85.9 Å². The van der Waals surface area contributed by atoms with Gasteiger partial charge in [-0.3, -0.25) is 0 Å². The van der Waals surface area contributed by atoms with Gasteiger partial charge in [0.2, 0.25) is 0 Å². The zero-order valence-electron chi connectivity index (χ0n) is 35.8. The van der Waals surface area contributed by atoms with Gasteiger partial charge in [-0.1, -0.05) is 158 Å². The van der Waals surface area contributed by atoms with E-state index < -0.39 is 18.1 Å². The van der Waals surface area contributed by atoms with Gasteiger partial charge in [-0.25, -0.2) is 15.0 Å². The van der Waals surface area contributed by atoms with Crippen LogP contribution < -0.4 is 0 Å². The van der Waals surface area contributed by atoms with Crippen molar-refractivity contribution in [3.8, 4) is 51.0 Å². The first kappa shape index (κ1) is 28.0. The lowest BCUT2D eigenvalue weighted by atomic mass is 9.98. The summed E-state index contributed by atoms with van der Waals surface area (Å²) in [5.41, 5.74) is 6.54. The Labute approximate surface area is 345 Å². The smallest absolute Gasteiger partial charge is 0.165 e. The van der Waals surface area contributed by atoms with Crippen LogP contribution in [0.2, 0.25) is 0 Å². The summed E-state index contributed by atoms with van der Waals surface area (Å²) in [4.78, 5) is 15.3. The molecule has 0 aliphatic carbocycles. The van der Waals surface area contributed by atoms with Gasteiger partial charge in [-0.05, 0) is 69.1 Å². The van der Waals surface area contributed by atoms with E-state index in [1.54, 1.807) is 11.3 Å². The van der Waals surface area contributed by atoms with Crippen molar-refractivity contribution < 1.29 is 6.85 Å². The van der Waals surface area contributed by atoms with Gasteiger partial charge in [0, 0.05) is 53.3 Å². The number of fused-ring (bicyclic) bond motifs is 9. The van der Waals surface area contributed by atoms with E-state index in [2.05, 4.69) is 138 Å². The summed E-state index contributed by atoms with van der Waals surface area (Å²) in [5, 5.41) is 8.72. The number of rotatable bonds is 5. The zero-order valence-corrected chi connectivity index (χ0v) is 31.6. The van der Waals surface area contributed by atoms with Gasteiger partial charge in [0.15, 0.2) is 17.5 Å². The highest BCUT2D eigenvalue weighted by Gasteiger charge is 2.22. The maximum Gasteiger partial charge on any atom is 0.165 e. The van der Waals surface area contributed by atoms with Crippen LogP contribution in [-0.4, -0.2) is 19.5 Å². The molecule has 12 aromatic rings. The minimum Gasteiger partial charge on any atom is -0.309 e. The van der Waals surface area contributed by atoms with Gasteiger partial charge in [0.25, 0.3) is 0 Å². The Balaban J connectivity index is 1.20. The van der Waals surface area contributed by atoms with E-state index in [1.165, 1.54) is 0 Å². The summed E-state index contributed by atoms with van der Waals surface area (Å²) in [7, 11) is 0. The van der Waals surface area contributed by atoms with E-state index in [1.807, 2.05) is 30.3 Å². The first-order valence-electron chi connectivity index (χ1n) is 21.6. The van der Waals surface area contributed by atoms with E-state index >= 15 is 0 Å². The third-order valence-electron chi connectivity index (χ3n) is 11.1. The number of hydrogen-bond acceptors (Lipinski definition) is 4. The van der Waals surface area contributed by atoms with E-state index in [9.17, 15) is 0 Å². The predicted molar refractivity (Wildman–Crippen MR) is 244 cm³/mol. The van der Waals surface area contributed by atoms with Gasteiger partial charge in [-0.2, -0.15) is 0 Å². The summed E-state index contributed by atoms with van der Waals surface area (Å²) >= 11 is 1.66. The average molecular weight is 762 g/mol. The van der Waals surface area contributed by atoms with E-state index in [0.29, 0.717) is 17.2 Å². The number of nitrogens with zero attached hydrogens (tertiary/aromatic N) is 4. The number of benzene rings is 9. The Morgan fingerprint density at radius 1 is 0.431 bits per heavy atom. The van der Waals surface area contributed by atoms with Crippen LogP contribution in [0, 0.1) is 0 Å². The Kier molecular flexibility index (Phi) is 6.30. The molecule has 0 aliphatic rings. The third-order valence-corrected chi connectivity index (χ3v) is 12.3. The molecule has 0 unspecified atom stereocenters. The van der Waals surface area contributed by atoms with Crippen molar-refractivity contribution in [2.24, 2.45) is 0 Å².